The lowest BCUT2D eigenvalue weighted by Crippen LogP contribution is -2.39. The monoisotopic (exact) mass is 484 g/mol. The van der Waals surface area contributed by atoms with Crippen molar-refractivity contribution in [2.24, 2.45) is 27.1 Å². The zero-order valence-corrected chi connectivity index (χ0v) is 18.8. The minimum absolute atomic E-state index is 0.0253. The second kappa shape index (κ2) is 8.91. The van der Waals surface area contributed by atoms with Gasteiger partial charge < -0.3 is 21.0 Å². The normalized spacial score (nSPS) is 15.7. The summed E-state index contributed by atoms with van der Waals surface area (Å²) in [7, 11) is -9.05. The van der Waals surface area contributed by atoms with Crippen LogP contribution in [0, 0.1) is 5.41 Å². The van der Waals surface area contributed by atoms with Gasteiger partial charge in [0.1, 0.15) is 9.79 Å². The van der Waals surface area contributed by atoms with Crippen LogP contribution in [0.2, 0.25) is 0 Å². The van der Waals surface area contributed by atoms with E-state index in [1.165, 1.54) is 13.0 Å². The molecule has 0 bridgehead atoms. The Bertz CT molecular complexity index is 1270. The second-order valence-electron chi connectivity index (χ2n) is 7.08. The van der Waals surface area contributed by atoms with E-state index in [-0.39, 0.29) is 17.8 Å². The molecule has 0 amide bonds. The maximum atomic E-state index is 13.0. The lowest BCUT2D eigenvalue weighted by molar-refractivity contribution is 0.557. The number of aromatic nitrogens is 2. The topological polar surface area (TPSA) is 228 Å². The van der Waals surface area contributed by atoms with E-state index in [0.29, 0.717) is 25.5 Å². The van der Waals surface area contributed by atoms with E-state index >= 15 is 0 Å². The van der Waals surface area contributed by atoms with Crippen LogP contribution in [0.4, 0.5) is 11.6 Å². The van der Waals surface area contributed by atoms with Crippen LogP contribution in [-0.4, -0.2) is 51.4 Å². The molecular weight excluding hydrogens is 460 g/mol. The summed E-state index contributed by atoms with van der Waals surface area (Å²) < 4.78 is 55.4. The molecule has 0 unspecified atom stereocenters. The van der Waals surface area contributed by atoms with E-state index in [9.17, 15) is 16.8 Å². The fourth-order valence-electron chi connectivity index (χ4n) is 3.43. The molecule has 0 spiro atoms. The molecule has 1 aliphatic heterocycles. The maximum Gasteiger partial charge on any atom is 0.242 e. The van der Waals surface area contributed by atoms with Crippen LogP contribution < -0.4 is 26.3 Å². The Balaban J connectivity index is 2.36. The number of nitrogens with one attached hydrogen (secondary N) is 2. The van der Waals surface area contributed by atoms with Crippen LogP contribution in [-0.2, 0) is 26.6 Å². The Labute approximate surface area is 185 Å². The van der Waals surface area contributed by atoms with E-state index < -0.39 is 41.7 Å². The van der Waals surface area contributed by atoms with E-state index in [1.807, 2.05) is 4.57 Å². The Hall–Kier alpha value is -2.92. The fraction of sp³-hybridized carbons (Fsp3) is 0.375. The summed E-state index contributed by atoms with van der Waals surface area (Å²) in [6.45, 7) is 2.61. The first-order valence-electron chi connectivity index (χ1n) is 9.42. The third-order valence-electron chi connectivity index (χ3n) is 4.78. The average Bonchev–Trinajstić information content (AvgIpc) is 3.20. The number of amidine groups is 1. The number of nitrogens with zero attached hydrogens (tertiary/aromatic N) is 5. The molecule has 0 fully saturated rings. The zero-order valence-electron chi connectivity index (χ0n) is 17.1. The van der Waals surface area contributed by atoms with Crippen molar-refractivity contribution in [1.82, 2.24) is 14.3 Å². The molecule has 2 heterocycles. The van der Waals surface area contributed by atoms with E-state index in [0.717, 1.165) is 6.07 Å². The molecule has 3 rings (SSSR count). The van der Waals surface area contributed by atoms with Crippen molar-refractivity contribution in [3.05, 3.63) is 30.1 Å². The molecule has 1 atom stereocenters. The van der Waals surface area contributed by atoms with Crippen molar-refractivity contribution in [2.75, 3.05) is 18.0 Å². The van der Waals surface area contributed by atoms with Gasteiger partial charge in [-0.1, -0.05) is 5.22 Å². The molecule has 174 valence electrons. The SMILES string of the molecule is C[C@H](CN)NS(=O)(=O)c1ccc(N2CCCn3ccnc32)c(C(=N)N=NN)c1S(N)(=O)=O. The molecule has 0 radical (unpaired) electrons. The first-order valence-corrected chi connectivity index (χ1v) is 12.4. The van der Waals surface area contributed by atoms with Crippen LogP contribution in [0.5, 0.6) is 0 Å². The number of hydrogen-bond donors (Lipinski definition) is 5. The molecule has 8 N–H and O–H groups in total. The molecule has 1 aromatic heterocycles. The summed E-state index contributed by atoms with van der Waals surface area (Å²) >= 11 is 0. The number of benzene rings is 1. The van der Waals surface area contributed by atoms with Crippen LogP contribution in [0.3, 0.4) is 0 Å². The summed E-state index contributed by atoms with van der Waals surface area (Å²) in [6, 6.07) is 1.80. The number of hydrogen-bond acceptors (Lipinski definition) is 9. The minimum atomic E-state index is -4.67. The van der Waals surface area contributed by atoms with Crippen molar-refractivity contribution >= 4 is 37.5 Å². The largest absolute Gasteiger partial charge is 0.329 e. The zero-order chi connectivity index (χ0) is 23.7. The van der Waals surface area contributed by atoms with Crippen molar-refractivity contribution in [1.29, 1.82) is 5.41 Å². The number of rotatable bonds is 7. The van der Waals surface area contributed by atoms with Gasteiger partial charge in [-0.05, 0) is 25.5 Å². The Kier molecular flexibility index (Phi) is 6.61. The number of fused-ring (bicyclic) bond motifs is 1. The quantitative estimate of drug-likeness (QED) is 0.111. The van der Waals surface area contributed by atoms with Gasteiger partial charge in [0, 0.05) is 38.1 Å². The highest BCUT2D eigenvalue weighted by molar-refractivity contribution is 7.92. The number of aryl methyl sites for hydroxylation is 1. The molecule has 16 heteroatoms. The minimum Gasteiger partial charge on any atom is -0.329 e. The number of sulfonamides is 2. The summed E-state index contributed by atoms with van der Waals surface area (Å²) in [5, 5.41) is 20.2. The predicted molar refractivity (Wildman–Crippen MR) is 116 cm³/mol. The molecule has 1 aliphatic rings. The van der Waals surface area contributed by atoms with Gasteiger partial charge in [0.2, 0.25) is 26.0 Å². The molecule has 0 aliphatic carbocycles. The molecule has 0 saturated heterocycles. The first-order chi connectivity index (χ1) is 15.0. The number of primary sulfonamides is 1. The smallest absolute Gasteiger partial charge is 0.242 e. The van der Waals surface area contributed by atoms with Crippen molar-refractivity contribution in [2.45, 2.75) is 35.7 Å². The first kappa shape index (κ1) is 23.7. The number of imidazole rings is 1. The third-order valence-corrected chi connectivity index (χ3v) is 7.54. The van der Waals surface area contributed by atoms with Crippen molar-refractivity contribution in [3.8, 4) is 0 Å². The molecule has 32 heavy (non-hydrogen) atoms. The van der Waals surface area contributed by atoms with E-state index in [2.05, 4.69) is 20.0 Å². The van der Waals surface area contributed by atoms with E-state index in [4.69, 9.17) is 22.1 Å². The molecule has 14 nitrogen and oxygen atoms in total. The van der Waals surface area contributed by atoms with Gasteiger partial charge in [-0.2, -0.15) is 0 Å². The third kappa shape index (κ3) is 4.49. The maximum absolute atomic E-state index is 13.0. The van der Waals surface area contributed by atoms with Gasteiger partial charge in [0.15, 0.2) is 5.84 Å². The molecular formula is C16H24N10O4S2. The number of anilines is 2. The predicted octanol–water partition coefficient (Wildman–Crippen LogP) is -0.651. The highest BCUT2D eigenvalue weighted by atomic mass is 32.2. The standard InChI is InChI=1S/C16H24N10O4S2/c1-10(9-17)23-32(29,30)12-4-3-11(26-7-2-6-25-8-5-21-16(25)26)13(15(18)22-24-19)14(12)31(20,27)28/h3-5,8,10,23H,2,6-7,9,17H2,1H3,(H3,18,19,22)(H2,20,27,28)/t10-/m1/s1. The van der Waals surface area contributed by atoms with E-state index in [1.54, 1.807) is 17.3 Å². The summed E-state index contributed by atoms with van der Waals surface area (Å²) in [5.74, 6) is 4.89. The van der Waals surface area contributed by atoms with Gasteiger partial charge in [0.25, 0.3) is 0 Å². The fourth-order valence-corrected chi connectivity index (χ4v) is 6.29. The second-order valence-corrected chi connectivity index (χ2v) is 10.3. The Morgan fingerprint density at radius 2 is 2.03 bits per heavy atom. The Morgan fingerprint density at radius 3 is 2.66 bits per heavy atom. The van der Waals surface area contributed by atoms with Crippen LogP contribution >= 0.6 is 0 Å². The van der Waals surface area contributed by atoms with Gasteiger partial charge >= 0.3 is 0 Å². The van der Waals surface area contributed by atoms with Gasteiger partial charge in [-0.15, -0.1) is 5.11 Å². The lowest BCUT2D eigenvalue weighted by atomic mass is 10.1. The summed E-state index contributed by atoms with van der Waals surface area (Å²) in [4.78, 5) is 4.50. The van der Waals surface area contributed by atoms with Crippen LogP contribution in [0.15, 0.2) is 44.7 Å². The van der Waals surface area contributed by atoms with Gasteiger partial charge in [0.05, 0.1) is 11.3 Å². The van der Waals surface area contributed by atoms with Crippen molar-refractivity contribution in [3.63, 3.8) is 0 Å². The summed E-state index contributed by atoms with van der Waals surface area (Å²) in [5.41, 5.74) is 5.31. The van der Waals surface area contributed by atoms with Gasteiger partial charge in [-0.3, -0.25) is 5.41 Å². The lowest BCUT2D eigenvalue weighted by Gasteiger charge is -2.31. The summed E-state index contributed by atoms with van der Waals surface area (Å²) in [6.07, 6.45) is 4.02. The Morgan fingerprint density at radius 1 is 1.31 bits per heavy atom. The number of nitrogens with two attached hydrogens (primary N) is 3. The molecule has 2 aromatic rings. The highest BCUT2D eigenvalue weighted by Gasteiger charge is 2.34. The van der Waals surface area contributed by atoms with Crippen LogP contribution in [0.1, 0.15) is 18.9 Å². The van der Waals surface area contributed by atoms with Gasteiger partial charge in [-0.25, -0.2) is 31.7 Å². The highest BCUT2D eigenvalue weighted by Crippen LogP contribution is 2.37. The molecule has 0 saturated carbocycles. The molecule has 1 aromatic carbocycles. The van der Waals surface area contributed by atoms with Crippen LogP contribution in [0.25, 0.3) is 0 Å². The average molecular weight is 485 g/mol. The van der Waals surface area contributed by atoms with Crippen molar-refractivity contribution < 1.29 is 16.8 Å².